The summed E-state index contributed by atoms with van der Waals surface area (Å²) in [6, 6.07) is 8.95. The normalized spacial score (nSPS) is 22.0. The zero-order valence-electron chi connectivity index (χ0n) is 10.7. The van der Waals surface area contributed by atoms with E-state index in [0.29, 0.717) is 0 Å². The van der Waals surface area contributed by atoms with Crippen LogP contribution in [0.5, 0.6) is 0 Å². The van der Waals surface area contributed by atoms with Crippen LogP contribution in [-0.4, -0.2) is 19.0 Å². The third-order valence-electron chi connectivity index (χ3n) is 4.07. The molecule has 0 atom stereocenters. The van der Waals surface area contributed by atoms with Gasteiger partial charge in [-0.15, -0.1) is 11.3 Å². The number of fused-ring (bicyclic) bond motifs is 1. The minimum atomic E-state index is -0.310. The van der Waals surface area contributed by atoms with Crippen LogP contribution in [0.3, 0.4) is 0 Å². The SMILES string of the molecule is C1=C(c2ccc3sccc3c2)CCC2(C1)OCCO2. The van der Waals surface area contributed by atoms with Crippen molar-refractivity contribution < 1.29 is 9.47 Å². The average molecular weight is 272 g/mol. The highest BCUT2D eigenvalue weighted by molar-refractivity contribution is 7.17. The standard InChI is InChI=1S/C16H16O2S/c1-2-15-14(5-10-19-15)11-13(1)12-3-6-16(7-4-12)17-8-9-18-16/h1-3,5,10-11H,4,6-9H2. The molecule has 1 aromatic carbocycles. The van der Waals surface area contributed by atoms with Crippen molar-refractivity contribution in [3.8, 4) is 0 Å². The topological polar surface area (TPSA) is 18.5 Å². The predicted octanol–water partition coefficient (Wildman–Crippen LogP) is 4.21. The van der Waals surface area contributed by atoms with Crippen LogP contribution in [0.15, 0.2) is 35.7 Å². The second-order valence-electron chi connectivity index (χ2n) is 5.21. The maximum atomic E-state index is 5.76. The van der Waals surface area contributed by atoms with Gasteiger partial charge in [-0.3, -0.25) is 0 Å². The lowest BCUT2D eigenvalue weighted by Gasteiger charge is -2.30. The lowest BCUT2D eigenvalue weighted by Crippen LogP contribution is -2.31. The first-order valence-electron chi connectivity index (χ1n) is 6.79. The van der Waals surface area contributed by atoms with E-state index in [1.807, 2.05) is 0 Å². The van der Waals surface area contributed by atoms with Gasteiger partial charge in [-0.2, -0.15) is 0 Å². The zero-order chi connectivity index (χ0) is 12.7. The van der Waals surface area contributed by atoms with Crippen molar-refractivity contribution in [2.24, 2.45) is 0 Å². The first kappa shape index (κ1) is 11.6. The summed E-state index contributed by atoms with van der Waals surface area (Å²) in [4.78, 5) is 0. The second kappa shape index (κ2) is 4.44. The highest BCUT2D eigenvalue weighted by atomic mass is 32.1. The van der Waals surface area contributed by atoms with Gasteiger partial charge in [-0.1, -0.05) is 12.1 Å². The molecule has 0 unspecified atom stereocenters. The molecule has 1 aromatic heterocycles. The molecule has 2 nitrogen and oxygen atoms in total. The summed E-state index contributed by atoms with van der Waals surface area (Å²) in [5.74, 6) is -0.310. The molecule has 1 aliphatic carbocycles. The number of ether oxygens (including phenoxy) is 2. The molecular formula is C16H16O2S. The lowest BCUT2D eigenvalue weighted by molar-refractivity contribution is -0.159. The summed E-state index contributed by atoms with van der Waals surface area (Å²) in [5.41, 5.74) is 2.77. The Bertz CT molecular complexity index is 635. The third kappa shape index (κ3) is 2.02. The molecule has 2 heterocycles. The van der Waals surface area contributed by atoms with Gasteiger partial charge >= 0.3 is 0 Å². The Labute approximate surface area is 116 Å². The summed E-state index contributed by atoms with van der Waals surface area (Å²) in [5, 5.41) is 3.50. The largest absolute Gasteiger partial charge is 0.347 e. The van der Waals surface area contributed by atoms with Crippen LogP contribution >= 0.6 is 11.3 Å². The fraction of sp³-hybridized carbons (Fsp3) is 0.375. The molecule has 0 N–H and O–H groups in total. The molecule has 1 fully saturated rings. The number of hydrogen-bond acceptors (Lipinski definition) is 3. The van der Waals surface area contributed by atoms with E-state index >= 15 is 0 Å². The minimum absolute atomic E-state index is 0.310. The smallest absolute Gasteiger partial charge is 0.172 e. The number of thiophene rings is 1. The molecule has 0 amide bonds. The average Bonchev–Trinajstić information content (AvgIpc) is 3.08. The van der Waals surface area contributed by atoms with E-state index in [-0.39, 0.29) is 5.79 Å². The maximum absolute atomic E-state index is 5.76. The van der Waals surface area contributed by atoms with Crippen LogP contribution in [-0.2, 0) is 9.47 Å². The molecular weight excluding hydrogens is 256 g/mol. The molecule has 0 bridgehead atoms. The van der Waals surface area contributed by atoms with Gasteiger partial charge in [0.15, 0.2) is 5.79 Å². The lowest BCUT2D eigenvalue weighted by atomic mass is 9.89. The molecule has 19 heavy (non-hydrogen) atoms. The molecule has 0 saturated carbocycles. The summed E-state index contributed by atoms with van der Waals surface area (Å²) >= 11 is 1.80. The van der Waals surface area contributed by atoms with E-state index in [0.717, 1.165) is 32.5 Å². The fourth-order valence-corrected chi connectivity index (χ4v) is 3.77. The van der Waals surface area contributed by atoms with Crippen LogP contribution in [0, 0.1) is 0 Å². The minimum Gasteiger partial charge on any atom is -0.347 e. The van der Waals surface area contributed by atoms with Gasteiger partial charge in [0.05, 0.1) is 13.2 Å². The maximum Gasteiger partial charge on any atom is 0.172 e. The molecule has 4 rings (SSSR count). The molecule has 1 aliphatic heterocycles. The highest BCUT2D eigenvalue weighted by Gasteiger charge is 2.37. The van der Waals surface area contributed by atoms with Crippen molar-refractivity contribution in [1.29, 1.82) is 0 Å². The van der Waals surface area contributed by atoms with Gasteiger partial charge in [0, 0.05) is 17.5 Å². The van der Waals surface area contributed by atoms with Crippen LogP contribution in [0.1, 0.15) is 24.8 Å². The summed E-state index contributed by atoms with van der Waals surface area (Å²) < 4.78 is 12.9. The van der Waals surface area contributed by atoms with Crippen molar-refractivity contribution >= 4 is 27.0 Å². The number of benzene rings is 1. The first-order valence-corrected chi connectivity index (χ1v) is 7.67. The molecule has 1 spiro atoms. The van der Waals surface area contributed by atoms with Gasteiger partial charge < -0.3 is 9.47 Å². The Kier molecular flexibility index (Phi) is 2.72. The van der Waals surface area contributed by atoms with Crippen LogP contribution in [0.25, 0.3) is 15.7 Å². The van der Waals surface area contributed by atoms with E-state index in [2.05, 4.69) is 35.7 Å². The number of rotatable bonds is 1. The van der Waals surface area contributed by atoms with Gasteiger partial charge in [-0.05, 0) is 46.5 Å². The molecule has 3 heteroatoms. The van der Waals surface area contributed by atoms with Crippen LogP contribution in [0.4, 0.5) is 0 Å². The van der Waals surface area contributed by atoms with Crippen molar-refractivity contribution in [1.82, 2.24) is 0 Å². The highest BCUT2D eigenvalue weighted by Crippen LogP contribution is 2.38. The summed E-state index contributed by atoms with van der Waals surface area (Å²) in [6.45, 7) is 1.48. The monoisotopic (exact) mass is 272 g/mol. The second-order valence-corrected chi connectivity index (χ2v) is 6.16. The first-order chi connectivity index (χ1) is 9.35. The van der Waals surface area contributed by atoms with E-state index in [9.17, 15) is 0 Å². The predicted molar refractivity (Wildman–Crippen MR) is 78.3 cm³/mol. The van der Waals surface area contributed by atoms with Gasteiger partial charge in [-0.25, -0.2) is 0 Å². The van der Waals surface area contributed by atoms with Crippen LogP contribution < -0.4 is 0 Å². The zero-order valence-corrected chi connectivity index (χ0v) is 11.5. The quantitative estimate of drug-likeness (QED) is 0.774. The Hall–Kier alpha value is -1.16. The van der Waals surface area contributed by atoms with Crippen molar-refractivity contribution in [3.63, 3.8) is 0 Å². The van der Waals surface area contributed by atoms with E-state index < -0.39 is 0 Å². The van der Waals surface area contributed by atoms with E-state index in [1.165, 1.54) is 21.2 Å². The molecule has 0 radical (unpaired) electrons. The van der Waals surface area contributed by atoms with Crippen molar-refractivity contribution in [3.05, 3.63) is 41.3 Å². The van der Waals surface area contributed by atoms with Crippen LogP contribution in [0.2, 0.25) is 0 Å². The van der Waals surface area contributed by atoms with Gasteiger partial charge in [0.2, 0.25) is 0 Å². The van der Waals surface area contributed by atoms with Crippen molar-refractivity contribution in [2.75, 3.05) is 13.2 Å². The molecule has 98 valence electrons. The Morgan fingerprint density at radius 1 is 1.11 bits per heavy atom. The van der Waals surface area contributed by atoms with E-state index in [1.54, 1.807) is 11.3 Å². The fourth-order valence-electron chi connectivity index (χ4n) is 3.00. The number of allylic oxidation sites excluding steroid dienone is 1. The summed E-state index contributed by atoms with van der Waals surface area (Å²) in [6.07, 6.45) is 5.18. The number of hydrogen-bond donors (Lipinski definition) is 0. The Balaban J connectivity index is 1.64. The molecule has 1 saturated heterocycles. The molecule has 2 aliphatic rings. The van der Waals surface area contributed by atoms with Crippen molar-refractivity contribution in [2.45, 2.75) is 25.0 Å². The van der Waals surface area contributed by atoms with Gasteiger partial charge in [0.1, 0.15) is 0 Å². The third-order valence-corrected chi connectivity index (χ3v) is 4.97. The molecule has 2 aromatic rings. The Morgan fingerprint density at radius 2 is 2.00 bits per heavy atom. The Morgan fingerprint density at radius 3 is 2.79 bits per heavy atom. The summed E-state index contributed by atoms with van der Waals surface area (Å²) in [7, 11) is 0. The van der Waals surface area contributed by atoms with E-state index in [4.69, 9.17) is 9.47 Å². The van der Waals surface area contributed by atoms with Gasteiger partial charge in [0.25, 0.3) is 0 Å².